The van der Waals surface area contributed by atoms with Gasteiger partial charge in [-0.3, -0.25) is 4.79 Å². The Hall–Kier alpha value is -2.35. The summed E-state index contributed by atoms with van der Waals surface area (Å²) in [6.07, 6.45) is 0. The molecule has 0 radical (unpaired) electrons. The van der Waals surface area contributed by atoms with E-state index in [2.05, 4.69) is 4.18 Å². The van der Waals surface area contributed by atoms with E-state index >= 15 is 0 Å². The molecule has 0 aliphatic carbocycles. The third-order valence-electron chi connectivity index (χ3n) is 2.90. The summed E-state index contributed by atoms with van der Waals surface area (Å²) in [7, 11) is -5.85. The minimum atomic E-state index is -5.85. The largest absolute Gasteiger partial charge is 0.534 e. The number of halogens is 3. The molecule has 0 aliphatic heterocycles. The molecule has 0 aromatic heterocycles. The Bertz CT molecular complexity index is 828. The molecule has 0 aliphatic rings. The van der Waals surface area contributed by atoms with Crippen LogP contribution in [-0.4, -0.2) is 19.7 Å². The Morgan fingerprint density at radius 3 is 2.22 bits per heavy atom. The molecule has 0 N–H and O–H groups in total. The molecule has 0 spiro atoms. The maximum atomic E-state index is 12.5. The SMILES string of the molecule is Cc1ccc(OS(=O)(=O)C(F)(F)F)c(C(=O)c2ccccc2)c1. The van der Waals surface area contributed by atoms with Crippen molar-refractivity contribution in [2.45, 2.75) is 12.4 Å². The van der Waals surface area contributed by atoms with Crippen molar-refractivity contribution < 1.29 is 30.6 Å². The summed E-state index contributed by atoms with van der Waals surface area (Å²) >= 11 is 0. The normalized spacial score (nSPS) is 12.0. The summed E-state index contributed by atoms with van der Waals surface area (Å²) in [5.74, 6) is -1.30. The van der Waals surface area contributed by atoms with Gasteiger partial charge in [0.15, 0.2) is 11.5 Å². The summed E-state index contributed by atoms with van der Waals surface area (Å²) in [6.45, 7) is 1.61. The van der Waals surface area contributed by atoms with Gasteiger partial charge in [-0.05, 0) is 19.1 Å². The number of carbonyl (C=O) groups excluding carboxylic acids is 1. The second-order valence-corrected chi connectivity index (χ2v) is 6.22. The highest BCUT2D eigenvalue weighted by Gasteiger charge is 2.49. The number of ketones is 1. The zero-order chi connectivity index (χ0) is 17.3. The maximum absolute atomic E-state index is 12.5. The number of hydrogen-bond donors (Lipinski definition) is 0. The fourth-order valence-electron chi connectivity index (χ4n) is 1.80. The van der Waals surface area contributed by atoms with E-state index < -0.39 is 27.2 Å². The number of alkyl halides is 3. The van der Waals surface area contributed by atoms with E-state index in [0.717, 1.165) is 6.07 Å². The lowest BCUT2D eigenvalue weighted by molar-refractivity contribution is -0.0500. The quantitative estimate of drug-likeness (QED) is 0.484. The van der Waals surface area contributed by atoms with Gasteiger partial charge in [0.05, 0.1) is 5.56 Å². The van der Waals surface area contributed by atoms with Gasteiger partial charge < -0.3 is 4.18 Å². The molecule has 4 nitrogen and oxygen atoms in total. The molecule has 23 heavy (non-hydrogen) atoms. The van der Waals surface area contributed by atoms with Crippen LogP contribution in [0.25, 0.3) is 0 Å². The third-order valence-corrected chi connectivity index (χ3v) is 3.86. The molecule has 0 fully saturated rings. The van der Waals surface area contributed by atoms with E-state index in [-0.39, 0.29) is 11.1 Å². The molecule has 0 amide bonds. The summed E-state index contributed by atoms with van der Waals surface area (Å²) in [5.41, 5.74) is -5.07. The molecule has 0 bridgehead atoms. The molecule has 2 aromatic rings. The fraction of sp³-hybridized carbons (Fsp3) is 0.133. The molecule has 0 heterocycles. The highest BCUT2D eigenvalue weighted by molar-refractivity contribution is 7.88. The van der Waals surface area contributed by atoms with E-state index in [9.17, 15) is 26.4 Å². The topological polar surface area (TPSA) is 60.4 Å². The molecule has 0 atom stereocenters. The van der Waals surface area contributed by atoms with E-state index in [0.29, 0.717) is 5.56 Å². The summed E-state index contributed by atoms with van der Waals surface area (Å²) < 4.78 is 63.8. The Kier molecular flexibility index (Phi) is 4.46. The van der Waals surface area contributed by atoms with Crippen LogP contribution in [0.15, 0.2) is 48.5 Å². The first-order valence-electron chi connectivity index (χ1n) is 6.33. The molecule has 2 rings (SSSR count). The van der Waals surface area contributed by atoms with Crippen LogP contribution in [0.5, 0.6) is 5.75 Å². The van der Waals surface area contributed by atoms with Gasteiger partial charge in [0.2, 0.25) is 0 Å². The monoisotopic (exact) mass is 344 g/mol. The van der Waals surface area contributed by atoms with Crippen molar-refractivity contribution in [3.8, 4) is 5.75 Å². The first-order valence-corrected chi connectivity index (χ1v) is 7.74. The Labute approximate surface area is 130 Å². The fourth-order valence-corrected chi connectivity index (χ4v) is 2.28. The first-order chi connectivity index (χ1) is 10.6. The second-order valence-electron chi connectivity index (χ2n) is 4.68. The standard InChI is InChI=1S/C15H11F3O4S/c1-10-7-8-13(22-23(20,21)15(16,17)18)12(9-10)14(19)11-5-3-2-4-6-11/h2-9H,1H3. The van der Waals surface area contributed by atoms with E-state index in [4.69, 9.17) is 0 Å². The maximum Gasteiger partial charge on any atom is 0.534 e. The average molecular weight is 344 g/mol. The Morgan fingerprint density at radius 2 is 1.65 bits per heavy atom. The minimum absolute atomic E-state index is 0.201. The van der Waals surface area contributed by atoms with Crippen LogP contribution in [0.3, 0.4) is 0 Å². The number of carbonyl (C=O) groups is 1. The summed E-state index contributed by atoms with van der Waals surface area (Å²) in [6, 6.07) is 11.4. The highest BCUT2D eigenvalue weighted by atomic mass is 32.2. The number of aryl methyl sites for hydroxylation is 1. The van der Waals surface area contributed by atoms with Crippen LogP contribution in [0.4, 0.5) is 13.2 Å². The van der Waals surface area contributed by atoms with E-state index in [1.807, 2.05) is 0 Å². The van der Waals surface area contributed by atoms with Crippen LogP contribution >= 0.6 is 0 Å². The van der Waals surface area contributed by atoms with Crippen LogP contribution in [0.1, 0.15) is 21.5 Å². The lowest BCUT2D eigenvalue weighted by atomic mass is 10.0. The minimum Gasteiger partial charge on any atom is -0.375 e. The van der Waals surface area contributed by atoms with Crippen LogP contribution < -0.4 is 4.18 Å². The van der Waals surface area contributed by atoms with E-state index in [1.54, 1.807) is 25.1 Å². The average Bonchev–Trinajstić information content (AvgIpc) is 2.48. The lowest BCUT2D eigenvalue weighted by Gasteiger charge is -2.13. The van der Waals surface area contributed by atoms with Gasteiger partial charge in [-0.2, -0.15) is 21.6 Å². The Balaban J connectivity index is 2.49. The zero-order valence-corrected chi connectivity index (χ0v) is 12.6. The van der Waals surface area contributed by atoms with Crippen molar-refractivity contribution in [2.75, 3.05) is 0 Å². The molecule has 0 saturated carbocycles. The smallest absolute Gasteiger partial charge is 0.375 e. The molecular weight excluding hydrogens is 333 g/mol. The molecule has 122 valence electrons. The molecule has 8 heteroatoms. The van der Waals surface area contributed by atoms with Crippen LogP contribution in [0, 0.1) is 6.92 Å². The predicted molar refractivity (Wildman–Crippen MR) is 76.7 cm³/mol. The molecule has 2 aromatic carbocycles. The van der Waals surface area contributed by atoms with Gasteiger partial charge in [-0.1, -0.05) is 42.0 Å². The van der Waals surface area contributed by atoms with Crippen molar-refractivity contribution in [3.63, 3.8) is 0 Å². The Morgan fingerprint density at radius 1 is 1.04 bits per heavy atom. The number of hydrogen-bond acceptors (Lipinski definition) is 4. The van der Waals surface area contributed by atoms with E-state index in [1.165, 1.54) is 24.3 Å². The van der Waals surface area contributed by atoms with Gasteiger partial charge in [0, 0.05) is 5.56 Å². The van der Waals surface area contributed by atoms with Crippen molar-refractivity contribution in [1.82, 2.24) is 0 Å². The van der Waals surface area contributed by atoms with Crippen LogP contribution in [0.2, 0.25) is 0 Å². The highest BCUT2D eigenvalue weighted by Crippen LogP contribution is 2.30. The zero-order valence-electron chi connectivity index (χ0n) is 11.8. The van der Waals surface area contributed by atoms with Gasteiger partial charge in [0.25, 0.3) is 0 Å². The first kappa shape index (κ1) is 17.0. The number of rotatable bonds is 4. The van der Waals surface area contributed by atoms with Crippen LogP contribution in [-0.2, 0) is 10.1 Å². The van der Waals surface area contributed by atoms with Gasteiger partial charge >= 0.3 is 15.6 Å². The van der Waals surface area contributed by atoms with Gasteiger partial charge in [-0.25, -0.2) is 0 Å². The third kappa shape index (κ3) is 3.70. The van der Waals surface area contributed by atoms with Gasteiger partial charge in [-0.15, -0.1) is 0 Å². The predicted octanol–water partition coefficient (Wildman–Crippen LogP) is 3.45. The van der Waals surface area contributed by atoms with Crippen molar-refractivity contribution in [2.24, 2.45) is 0 Å². The van der Waals surface area contributed by atoms with Crippen molar-refractivity contribution in [1.29, 1.82) is 0 Å². The lowest BCUT2D eigenvalue weighted by Crippen LogP contribution is -2.28. The van der Waals surface area contributed by atoms with Crippen molar-refractivity contribution >= 4 is 15.9 Å². The second kappa shape index (κ2) is 6.04. The summed E-state index contributed by atoms with van der Waals surface area (Å²) in [5, 5.41) is 0. The summed E-state index contributed by atoms with van der Waals surface area (Å²) in [4.78, 5) is 12.4. The molecule has 0 unspecified atom stereocenters. The van der Waals surface area contributed by atoms with Gasteiger partial charge in [0.1, 0.15) is 0 Å². The number of benzene rings is 2. The van der Waals surface area contributed by atoms with Crippen molar-refractivity contribution in [3.05, 3.63) is 65.2 Å². The molecule has 0 saturated heterocycles. The molecular formula is C15H11F3O4S.